The maximum atomic E-state index is 13.4. The number of benzene rings is 1. The van der Waals surface area contributed by atoms with E-state index >= 15 is 0 Å². The first kappa shape index (κ1) is 15.2. The first-order valence-corrected chi connectivity index (χ1v) is 9.06. The van der Waals surface area contributed by atoms with Gasteiger partial charge in [-0.2, -0.15) is 13.2 Å². The number of rotatable bonds is 4. The van der Waals surface area contributed by atoms with Gasteiger partial charge < -0.3 is 10.2 Å². The van der Waals surface area contributed by atoms with Crippen LogP contribution in [0.5, 0.6) is 0 Å². The molecule has 0 bridgehead atoms. The zero-order chi connectivity index (χ0) is 14.0. The fraction of sp³-hybridized carbons (Fsp3) is 0.500. The van der Waals surface area contributed by atoms with Gasteiger partial charge in [-0.15, -0.1) is 0 Å². The SMILES string of the molecule is C[Si](C)(C)O[C@](CN)(c1ccccc1)C(F)(F)F. The highest BCUT2D eigenvalue weighted by Gasteiger charge is 2.57. The molecule has 2 N–H and O–H groups in total. The molecule has 1 aromatic carbocycles. The summed E-state index contributed by atoms with van der Waals surface area (Å²) in [5.41, 5.74) is 3.06. The Labute approximate surface area is 106 Å². The molecule has 102 valence electrons. The number of halogens is 3. The van der Waals surface area contributed by atoms with Crippen LogP contribution in [0.4, 0.5) is 13.2 Å². The topological polar surface area (TPSA) is 35.2 Å². The summed E-state index contributed by atoms with van der Waals surface area (Å²) in [5.74, 6) is 0. The van der Waals surface area contributed by atoms with Gasteiger partial charge in [0.2, 0.25) is 0 Å². The smallest absolute Gasteiger partial charge is 0.399 e. The number of hydrogen-bond donors (Lipinski definition) is 1. The van der Waals surface area contributed by atoms with Crippen molar-refractivity contribution in [1.29, 1.82) is 0 Å². The van der Waals surface area contributed by atoms with E-state index in [0.29, 0.717) is 0 Å². The third-order valence-corrected chi connectivity index (χ3v) is 3.43. The van der Waals surface area contributed by atoms with Crippen molar-refractivity contribution in [2.45, 2.75) is 31.4 Å². The molecule has 1 aromatic rings. The Hall–Kier alpha value is -0.853. The summed E-state index contributed by atoms with van der Waals surface area (Å²) in [6, 6.07) is 7.58. The van der Waals surface area contributed by atoms with E-state index in [1.54, 1.807) is 37.8 Å². The van der Waals surface area contributed by atoms with Crippen LogP contribution in [-0.2, 0) is 10.0 Å². The minimum Gasteiger partial charge on any atom is -0.399 e. The number of alkyl halides is 3. The minimum absolute atomic E-state index is 0.0578. The molecular formula is C12H18F3NOSi. The summed E-state index contributed by atoms with van der Waals surface area (Å²) in [4.78, 5) is 0. The Morgan fingerprint density at radius 1 is 1.11 bits per heavy atom. The van der Waals surface area contributed by atoms with E-state index in [-0.39, 0.29) is 5.56 Å². The highest BCUT2D eigenvalue weighted by molar-refractivity contribution is 6.69. The molecule has 0 fully saturated rings. The minimum atomic E-state index is -4.54. The lowest BCUT2D eigenvalue weighted by atomic mass is 9.93. The third-order valence-electron chi connectivity index (χ3n) is 2.47. The standard InChI is InChI=1S/C12H18F3NOSi/c1-18(2,3)17-11(9-16,12(13,14)15)10-7-5-4-6-8-10/h4-8H,9,16H2,1-3H3/t11-/m1/s1. The van der Waals surface area contributed by atoms with E-state index in [4.69, 9.17) is 10.2 Å². The van der Waals surface area contributed by atoms with E-state index < -0.39 is 26.6 Å². The van der Waals surface area contributed by atoms with Gasteiger partial charge in [0.25, 0.3) is 0 Å². The van der Waals surface area contributed by atoms with Crippen LogP contribution in [0.3, 0.4) is 0 Å². The van der Waals surface area contributed by atoms with E-state index in [0.717, 1.165) is 0 Å². The van der Waals surface area contributed by atoms with Crippen molar-refractivity contribution in [3.63, 3.8) is 0 Å². The van der Waals surface area contributed by atoms with Crippen molar-refractivity contribution in [2.24, 2.45) is 5.73 Å². The summed E-state index contributed by atoms with van der Waals surface area (Å²) in [6.45, 7) is 4.52. The van der Waals surface area contributed by atoms with Gasteiger partial charge in [0, 0.05) is 6.54 Å². The normalized spacial score (nSPS) is 16.4. The van der Waals surface area contributed by atoms with Crippen molar-refractivity contribution in [3.8, 4) is 0 Å². The molecule has 6 heteroatoms. The molecule has 0 unspecified atom stereocenters. The Balaban J connectivity index is 3.33. The van der Waals surface area contributed by atoms with Gasteiger partial charge in [-0.05, 0) is 25.2 Å². The van der Waals surface area contributed by atoms with Crippen LogP contribution in [0, 0.1) is 0 Å². The largest absolute Gasteiger partial charge is 0.421 e. The molecule has 2 nitrogen and oxygen atoms in total. The Bertz CT molecular complexity index is 389. The summed E-state index contributed by atoms with van der Waals surface area (Å²) < 4.78 is 45.6. The van der Waals surface area contributed by atoms with Gasteiger partial charge in [0.05, 0.1) is 0 Å². The molecule has 0 spiro atoms. The van der Waals surface area contributed by atoms with Crippen LogP contribution >= 0.6 is 0 Å². The Morgan fingerprint density at radius 2 is 1.61 bits per heavy atom. The molecule has 1 atom stereocenters. The van der Waals surface area contributed by atoms with Crippen LogP contribution in [-0.4, -0.2) is 21.0 Å². The average Bonchev–Trinajstić information content (AvgIpc) is 2.24. The number of nitrogens with two attached hydrogens (primary N) is 1. The van der Waals surface area contributed by atoms with Crippen molar-refractivity contribution in [1.82, 2.24) is 0 Å². The number of hydrogen-bond acceptors (Lipinski definition) is 2. The molecular weight excluding hydrogens is 259 g/mol. The van der Waals surface area contributed by atoms with Crippen molar-refractivity contribution < 1.29 is 17.6 Å². The van der Waals surface area contributed by atoms with Gasteiger partial charge in [-0.3, -0.25) is 0 Å². The van der Waals surface area contributed by atoms with Crippen LogP contribution in [0.1, 0.15) is 5.56 Å². The fourth-order valence-corrected chi connectivity index (χ4v) is 3.15. The van der Waals surface area contributed by atoms with Crippen molar-refractivity contribution in [2.75, 3.05) is 6.54 Å². The highest BCUT2D eigenvalue weighted by atomic mass is 28.4. The zero-order valence-corrected chi connectivity index (χ0v) is 11.7. The maximum absolute atomic E-state index is 13.4. The van der Waals surface area contributed by atoms with E-state index in [2.05, 4.69) is 0 Å². The van der Waals surface area contributed by atoms with Crippen LogP contribution in [0.15, 0.2) is 30.3 Å². The Kier molecular flexibility index (Phi) is 4.25. The molecule has 1 rings (SSSR count). The molecule has 0 saturated carbocycles. The van der Waals surface area contributed by atoms with E-state index in [9.17, 15) is 13.2 Å². The second-order valence-corrected chi connectivity index (χ2v) is 9.54. The van der Waals surface area contributed by atoms with Crippen molar-refractivity contribution >= 4 is 8.32 Å². The molecule has 0 aliphatic carbocycles. The van der Waals surface area contributed by atoms with Crippen LogP contribution < -0.4 is 5.73 Å². The van der Waals surface area contributed by atoms with Crippen LogP contribution in [0.2, 0.25) is 19.6 Å². The molecule has 0 aliphatic heterocycles. The first-order valence-electron chi connectivity index (χ1n) is 5.65. The van der Waals surface area contributed by atoms with Gasteiger partial charge in [-0.25, -0.2) is 0 Å². The summed E-state index contributed by atoms with van der Waals surface area (Å²) in [6.07, 6.45) is -4.54. The second kappa shape index (κ2) is 5.03. The first-order chi connectivity index (χ1) is 8.12. The summed E-state index contributed by atoms with van der Waals surface area (Å²) in [7, 11) is -2.41. The van der Waals surface area contributed by atoms with Gasteiger partial charge in [0.1, 0.15) is 0 Å². The lowest BCUT2D eigenvalue weighted by Crippen LogP contribution is -2.55. The average molecular weight is 277 g/mol. The Morgan fingerprint density at radius 3 is 1.94 bits per heavy atom. The van der Waals surface area contributed by atoms with Gasteiger partial charge in [-0.1, -0.05) is 30.3 Å². The highest BCUT2D eigenvalue weighted by Crippen LogP contribution is 2.43. The molecule has 0 saturated heterocycles. The summed E-state index contributed by atoms with van der Waals surface area (Å²) >= 11 is 0. The zero-order valence-electron chi connectivity index (χ0n) is 10.7. The molecule has 0 aromatic heterocycles. The van der Waals surface area contributed by atoms with Gasteiger partial charge >= 0.3 is 6.18 Å². The molecule has 0 radical (unpaired) electrons. The van der Waals surface area contributed by atoms with E-state index in [1.807, 2.05) is 0 Å². The predicted octanol–water partition coefficient (Wildman–Crippen LogP) is 3.25. The van der Waals surface area contributed by atoms with Crippen LogP contribution in [0.25, 0.3) is 0 Å². The third kappa shape index (κ3) is 3.12. The van der Waals surface area contributed by atoms with Gasteiger partial charge in [0.15, 0.2) is 13.9 Å². The second-order valence-electron chi connectivity index (χ2n) is 5.11. The quantitative estimate of drug-likeness (QED) is 0.857. The van der Waals surface area contributed by atoms with E-state index in [1.165, 1.54) is 12.1 Å². The molecule has 0 heterocycles. The molecule has 18 heavy (non-hydrogen) atoms. The lowest BCUT2D eigenvalue weighted by Gasteiger charge is -2.40. The maximum Gasteiger partial charge on any atom is 0.421 e. The monoisotopic (exact) mass is 277 g/mol. The predicted molar refractivity (Wildman–Crippen MR) is 67.7 cm³/mol. The summed E-state index contributed by atoms with van der Waals surface area (Å²) in [5, 5.41) is 0. The van der Waals surface area contributed by atoms with Crippen molar-refractivity contribution in [3.05, 3.63) is 35.9 Å². The molecule has 0 amide bonds. The molecule has 0 aliphatic rings. The fourth-order valence-electron chi connectivity index (χ4n) is 1.79. The lowest BCUT2D eigenvalue weighted by molar-refractivity contribution is -0.254.